The van der Waals surface area contributed by atoms with Crippen molar-refractivity contribution >= 4 is 18.3 Å². The molecule has 2 N–H and O–H groups in total. The summed E-state index contributed by atoms with van der Waals surface area (Å²) in [6.45, 7) is 1.29. The average Bonchev–Trinajstić information content (AvgIpc) is 3.08. The molecule has 20 heavy (non-hydrogen) atoms. The summed E-state index contributed by atoms with van der Waals surface area (Å²) >= 11 is 0. The minimum absolute atomic E-state index is 0. The summed E-state index contributed by atoms with van der Waals surface area (Å²) in [5.41, 5.74) is 7.04. The number of nitrogens with two attached hydrogens (primary N) is 1. The number of rotatable bonds is 2. The van der Waals surface area contributed by atoms with Crippen LogP contribution in [0, 0.1) is 0 Å². The van der Waals surface area contributed by atoms with Gasteiger partial charge in [0.05, 0.1) is 11.9 Å². The van der Waals surface area contributed by atoms with E-state index in [2.05, 4.69) is 10.3 Å². The first-order valence-corrected chi connectivity index (χ1v) is 6.26. The number of benzene rings is 1. The van der Waals surface area contributed by atoms with Crippen LogP contribution in [0.4, 0.5) is 0 Å². The van der Waals surface area contributed by atoms with Crippen LogP contribution >= 0.6 is 12.4 Å². The molecule has 7 heteroatoms. The molecule has 0 bridgehead atoms. The van der Waals surface area contributed by atoms with Gasteiger partial charge in [-0.2, -0.15) is 0 Å². The Kier molecular flexibility index (Phi) is 4.36. The van der Waals surface area contributed by atoms with Crippen molar-refractivity contribution in [2.24, 2.45) is 5.73 Å². The zero-order valence-electron chi connectivity index (χ0n) is 10.8. The molecule has 1 amide bonds. The predicted molar refractivity (Wildman–Crippen MR) is 77.1 cm³/mol. The van der Waals surface area contributed by atoms with Crippen LogP contribution in [0.5, 0.6) is 0 Å². The Morgan fingerprint density at radius 1 is 1.30 bits per heavy atom. The van der Waals surface area contributed by atoms with Gasteiger partial charge in [0, 0.05) is 19.1 Å². The van der Waals surface area contributed by atoms with Crippen molar-refractivity contribution in [3.8, 4) is 5.69 Å². The highest BCUT2D eigenvalue weighted by atomic mass is 35.5. The normalized spacial score (nSPS) is 17.9. The highest BCUT2D eigenvalue weighted by molar-refractivity contribution is 5.92. The van der Waals surface area contributed by atoms with E-state index in [-0.39, 0.29) is 24.4 Å². The quantitative estimate of drug-likeness (QED) is 0.891. The van der Waals surface area contributed by atoms with Gasteiger partial charge in [-0.25, -0.2) is 4.68 Å². The highest BCUT2D eigenvalue weighted by Gasteiger charge is 2.26. The van der Waals surface area contributed by atoms with Gasteiger partial charge in [0.1, 0.15) is 0 Å². The number of carbonyl (C=O) groups excluding carboxylic acids is 1. The maximum absolute atomic E-state index is 12.2. The molecule has 2 heterocycles. The van der Waals surface area contributed by atoms with Crippen LogP contribution in [0.3, 0.4) is 0 Å². The fourth-order valence-electron chi connectivity index (χ4n) is 2.20. The van der Waals surface area contributed by atoms with E-state index in [1.54, 1.807) is 15.8 Å². The monoisotopic (exact) mass is 293 g/mol. The second kappa shape index (κ2) is 6.02. The van der Waals surface area contributed by atoms with Crippen LogP contribution < -0.4 is 5.73 Å². The van der Waals surface area contributed by atoms with Crippen molar-refractivity contribution in [3.05, 3.63) is 42.2 Å². The molecule has 1 saturated heterocycles. The SMILES string of the molecule is Cl.N[C@@H]1CCN(C(=O)c2cn(-c3ccccc3)nn2)C1. The van der Waals surface area contributed by atoms with Crippen LogP contribution in [-0.2, 0) is 0 Å². The molecule has 0 aliphatic carbocycles. The fraction of sp³-hybridized carbons (Fsp3) is 0.308. The Morgan fingerprint density at radius 2 is 2.05 bits per heavy atom. The van der Waals surface area contributed by atoms with E-state index < -0.39 is 0 Å². The molecule has 1 atom stereocenters. The van der Waals surface area contributed by atoms with Crippen LogP contribution in [0.1, 0.15) is 16.9 Å². The van der Waals surface area contributed by atoms with E-state index in [1.807, 2.05) is 30.3 Å². The van der Waals surface area contributed by atoms with Gasteiger partial charge in [-0.05, 0) is 18.6 Å². The third-order valence-electron chi connectivity index (χ3n) is 3.25. The highest BCUT2D eigenvalue weighted by Crippen LogP contribution is 2.12. The number of hydrogen-bond donors (Lipinski definition) is 1. The number of aromatic nitrogens is 3. The maximum atomic E-state index is 12.2. The molecular formula is C13H16ClN5O. The molecule has 1 aliphatic heterocycles. The molecule has 1 aliphatic rings. The van der Waals surface area contributed by atoms with Crippen molar-refractivity contribution in [2.45, 2.75) is 12.5 Å². The molecule has 2 aromatic rings. The largest absolute Gasteiger partial charge is 0.336 e. The number of halogens is 1. The van der Waals surface area contributed by atoms with Gasteiger partial charge >= 0.3 is 0 Å². The molecular weight excluding hydrogens is 278 g/mol. The summed E-state index contributed by atoms with van der Waals surface area (Å²) in [5.74, 6) is -0.102. The van der Waals surface area contributed by atoms with E-state index in [4.69, 9.17) is 5.73 Å². The third kappa shape index (κ3) is 2.81. The minimum Gasteiger partial charge on any atom is -0.336 e. The Balaban J connectivity index is 0.00000147. The Hall–Kier alpha value is -1.92. The number of likely N-dealkylation sites (tertiary alicyclic amines) is 1. The van der Waals surface area contributed by atoms with Gasteiger partial charge in [-0.1, -0.05) is 23.4 Å². The molecule has 0 unspecified atom stereocenters. The van der Waals surface area contributed by atoms with Gasteiger partial charge in [-0.3, -0.25) is 4.79 Å². The van der Waals surface area contributed by atoms with Crippen molar-refractivity contribution < 1.29 is 4.79 Å². The number of carbonyl (C=O) groups is 1. The molecule has 1 fully saturated rings. The third-order valence-corrected chi connectivity index (χ3v) is 3.25. The minimum atomic E-state index is -0.102. The lowest BCUT2D eigenvalue weighted by Crippen LogP contribution is -2.32. The van der Waals surface area contributed by atoms with Gasteiger partial charge in [0.2, 0.25) is 0 Å². The standard InChI is InChI=1S/C13H15N5O.ClH/c14-10-6-7-17(8-10)13(19)12-9-18(16-15-12)11-4-2-1-3-5-11;/h1-5,9-10H,6-8,14H2;1H/t10-;/m1./s1. The van der Waals surface area contributed by atoms with E-state index in [0.717, 1.165) is 12.1 Å². The average molecular weight is 294 g/mol. The Morgan fingerprint density at radius 3 is 2.70 bits per heavy atom. The molecule has 1 aromatic heterocycles. The predicted octanol–water partition coefficient (Wildman–Crippen LogP) is 0.862. The summed E-state index contributed by atoms with van der Waals surface area (Å²) in [5, 5.41) is 7.93. The number of hydrogen-bond acceptors (Lipinski definition) is 4. The molecule has 0 saturated carbocycles. The number of nitrogens with zero attached hydrogens (tertiary/aromatic N) is 4. The molecule has 1 aromatic carbocycles. The van der Waals surface area contributed by atoms with Gasteiger partial charge in [0.15, 0.2) is 5.69 Å². The maximum Gasteiger partial charge on any atom is 0.276 e. The Labute approximate surface area is 123 Å². The van der Waals surface area contributed by atoms with Crippen LogP contribution in [0.15, 0.2) is 36.5 Å². The zero-order chi connectivity index (χ0) is 13.2. The Bertz CT molecular complexity index is 585. The summed E-state index contributed by atoms with van der Waals surface area (Å²) in [6.07, 6.45) is 2.50. The first-order valence-electron chi connectivity index (χ1n) is 6.26. The van der Waals surface area contributed by atoms with E-state index >= 15 is 0 Å². The van der Waals surface area contributed by atoms with Crippen molar-refractivity contribution in [1.82, 2.24) is 19.9 Å². The van der Waals surface area contributed by atoms with Gasteiger partial charge in [0.25, 0.3) is 5.91 Å². The van der Waals surface area contributed by atoms with Crippen LogP contribution in [0.25, 0.3) is 5.69 Å². The molecule has 0 spiro atoms. The summed E-state index contributed by atoms with van der Waals surface area (Å²) < 4.78 is 1.60. The fourth-order valence-corrected chi connectivity index (χ4v) is 2.20. The van der Waals surface area contributed by atoms with E-state index in [1.165, 1.54) is 0 Å². The zero-order valence-corrected chi connectivity index (χ0v) is 11.7. The smallest absolute Gasteiger partial charge is 0.276 e. The summed E-state index contributed by atoms with van der Waals surface area (Å²) in [4.78, 5) is 13.9. The number of para-hydroxylation sites is 1. The van der Waals surface area contributed by atoms with Gasteiger partial charge < -0.3 is 10.6 Å². The van der Waals surface area contributed by atoms with Crippen molar-refractivity contribution in [2.75, 3.05) is 13.1 Å². The lowest BCUT2D eigenvalue weighted by atomic mass is 10.3. The van der Waals surface area contributed by atoms with Gasteiger partial charge in [-0.15, -0.1) is 17.5 Å². The molecule has 6 nitrogen and oxygen atoms in total. The van der Waals surface area contributed by atoms with Crippen molar-refractivity contribution in [3.63, 3.8) is 0 Å². The van der Waals surface area contributed by atoms with E-state index in [9.17, 15) is 4.79 Å². The molecule has 3 rings (SSSR count). The number of amides is 1. The lowest BCUT2D eigenvalue weighted by molar-refractivity contribution is 0.0785. The second-order valence-corrected chi connectivity index (χ2v) is 4.68. The summed E-state index contributed by atoms with van der Waals surface area (Å²) in [6, 6.07) is 9.66. The van der Waals surface area contributed by atoms with Crippen LogP contribution in [-0.4, -0.2) is 44.9 Å². The first kappa shape index (κ1) is 14.5. The van der Waals surface area contributed by atoms with Crippen LogP contribution in [0.2, 0.25) is 0 Å². The lowest BCUT2D eigenvalue weighted by Gasteiger charge is -2.13. The molecule has 0 radical (unpaired) electrons. The van der Waals surface area contributed by atoms with E-state index in [0.29, 0.717) is 18.8 Å². The summed E-state index contributed by atoms with van der Waals surface area (Å²) in [7, 11) is 0. The molecule has 106 valence electrons. The van der Waals surface area contributed by atoms with Crippen molar-refractivity contribution in [1.29, 1.82) is 0 Å². The first-order chi connectivity index (χ1) is 9.24. The topological polar surface area (TPSA) is 77.0 Å². The second-order valence-electron chi connectivity index (χ2n) is 4.68.